The van der Waals surface area contributed by atoms with Crippen LogP contribution in [0.25, 0.3) is 0 Å². The Morgan fingerprint density at radius 3 is 1.18 bits per heavy atom. The van der Waals surface area contributed by atoms with E-state index in [4.69, 9.17) is 9.98 Å². The molecule has 0 unspecified atom stereocenters. The molecule has 0 fully saturated rings. The second-order valence-electron chi connectivity index (χ2n) is 9.11. The normalized spacial score (nSPS) is 12.1. The molecule has 3 heteroatoms. The van der Waals surface area contributed by atoms with E-state index in [1.54, 1.807) is 0 Å². The Kier molecular flexibility index (Phi) is 15.0. The van der Waals surface area contributed by atoms with Crippen LogP contribution < -0.4 is 0 Å². The number of nitrogens with zero attached hydrogens (tertiary/aromatic N) is 2. The fourth-order valence-electron chi connectivity index (χ4n) is 4.16. The second-order valence-corrected chi connectivity index (χ2v) is 9.11. The maximum atomic E-state index is 5.27. The third-order valence-corrected chi connectivity index (χ3v) is 6.35. The van der Waals surface area contributed by atoms with Crippen LogP contribution in [0.15, 0.2) is 46.4 Å². The molecule has 2 nitrogen and oxygen atoms in total. The Balaban J connectivity index is 0.00000578. The molecule has 0 amide bonds. The van der Waals surface area contributed by atoms with E-state index in [-0.39, 0.29) is 16.5 Å². The Labute approximate surface area is 219 Å². The summed E-state index contributed by atoms with van der Waals surface area (Å²) in [5.41, 5.74) is 10.0. The Bertz CT molecular complexity index is 883. The van der Waals surface area contributed by atoms with E-state index in [9.17, 15) is 0 Å². The molecule has 0 aromatic heterocycles. The van der Waals surface area contributed by atoms with Crippen LogP contribution in [0, 0.1) is 0 Å². The summed E-state index contributed by atoms with van der Waals surface area (Å²) in [5, 5.41) is 0. The monoisotopic (exact) mass is 504 g/mol. The summed E-state index contributed by atoms with van der Waals surface area (Å²) in [6.45, 7) is 13.4. The topological polar surface area (TPSA) is 24.7 Å². The molecule has 2 aromatic carbocycles. The van der Waals surface area contributed by atoms with Crippen molar-refractivity contribution >= 4 is 22.8 Å². The Morgan fingerprint density at radius 1 is 0.500 bits per heavy atom. The van der Waals surface area contributed by atoms with Crippen molar-refractivity contribution in [3.63, 3.8) is 0 Å². The molecule has 0 atom stereocenters. The first-order chi connectivity index (χ1) is 16.1. The largest absolute Gasteiger partial charge is 0.252 e. The summed E-state index contributed by atoms with van der Waals surface area (Å²) >= 11 is 0. The molecule has 34 heavy (non-hydrogen) atoms. The van der Waals surface area contributed by atoms with Gasteiger partial charge in [0.1, 0.15) is 0 Å². The zero-order valence-electron chi connectivity index (χ0n) is 22.5. The van der Waals surface area contributed by atoms with E-state index in [0.717, 1.165) is 56.3 Å². The third-order valence-electron chi connectivity index (χ3n) is 6.35. The number of benzene rings is 2. The van der Waals surface area contributed by atoms with E-state index >= 15 is 0 Å². The van der Waals surface area contributed by atoms with Gasteiger partial charge in [0.15, 0.2) is 0 Å². The summed E-state index contributed by atoms with van der Waals surface area (Å²) < 4.78 is 0. The average molecular weight is 505 g/mol. The van der Waals surface area contributed by atoms with Crippen molar-refractivity contribution in [3.05, 3.63) is 58.7 Å². The number of rotatable bonds is 14. The van der Waals surface area contributed by atoms with Gasteiger partial charge in [-0.15, -0.1) is 0 Å². The van der Waals surface area contributed by atoms with E-state index in [0.29, 0.717) is 0 Å². The van der Waals surface area contributed by atoms with Gasteiger partial charge in [0, 0.05) is 16.5 Å². The zero-order chi connectivity index (χ0) is 24.1. The van der Waals surface area contributed by atoms with Gasteiger partial charge in [-0.25, -0.2) is 0 Å². The first-order valence-corrected chi connectivity index (χ1v) is 13.5. The smallest absolute Gasteiger partial charge is 0.0639 e. The summed E-state index contributed by atoms with van der Waals surface area (Å²) in [6.07, 6.45) is 12.1. The van der Waals surface area contributed by atoms with Gasteiger partial charge in [-0.1, -0.05) is 72.9 Å². The standard InChI is InChI=1S/C31H46N2.Ni/c1-7-13-15-17-31(33-29-22-26(11-5)19-27(12-6)23-29)30(16-14-8-2)32-28-20-24(9-3)18-25(10-4)21-28;/h18-23H,7-17H2,1-6H3;. The molecule has 0 aliphatic carbocycles. The van der Waals surface area contributed by atoms with Gasteiger partial charge < -0.3 is 0 Å². The number of aliphatic imine (C=N–C) groups is 2. The first kappa shape index (κ1) is 30.3. The van der Waals surface area contributed by atoms with Crippen LogP contribution in [0.3, 0.4) is 0 Å². The zero-order valence-corrected chi connectivity index (χ0v) is 23.4. The minimum Gasteiger partial charge on any atom is -0.252 e. The van der Waals surface area contributed by atoms with Crippen molar-refractivity contribution < 1.29 is 16.5 Å². The molecule has 0 saturated carbocycles. The molecule has 2 aromatic rings. The van der Waals surface area contributed by atoms with Gasteiger partial charge in [-0.2, -0.15) is 0 Å². The van der Waals surface area contributed by atoms with E-state index in [2.05, 4.69) is 77.9 Å². The molecule has 0 heterocycles. The Morgan fingerprint density at radius 2 is 0.853 bits per heavy atom. The van der Waals surface area contributed by atoms with Crippen LogP contribution >= 0.6 is 0 Å². The predicted octanol–water partition coefficient (Wildman–Crippen LogP) is 9.55. The van der Waals surface area contributed by atoms with Crippen molar-refractivity contribution in [2.45, 2.75) is 112 Å². The molecular formula is C31H46N2Ni. The maximum Gasteiger partial charge on any atom is 0.0639 e. The molecule has 0 N–H and O–H groups in total. The van der Waals surface area contributed by atoms with Crippen molar-refractivity contribution in [1.29, 1.82) is 0 Å². The van der Waals surface area contributed by atoms with Crippen LogP contribution in [0.5, 0.6) is 0 Å². The molecule has 0 aliphatic heterocycles. The first-order valence-electron chi connectivity index (χ1n) is 13.5. The maximum absolute atomic E-state index is 5.27. The number of unbranched alkanes of at least 4 members (excludes halogenated alkanes) is 3. The summed E-state index contributed by atoms with van der Waals surface area (Å²) in [5.74, 6) is 0. The molecule has 0 radical (unpaired) electrons. The minimum atomic E-state index is 0. The quantitative estimate of drug-likeness (QED) is 0.139. The van der Waals surface area contributed by atoms with E-state index in [1.165, 1.54) is 59.4 Å². The van der Waals surface area contributed by atoms with Gasteiger partial charge in [0.05, 0.1) is 22.8 Å². The SMILES string of the molecule is CCCCCC(=Nc1cc(CC)cc(CC)c1)C(CCCC)=Nc1cc(CC)cc(CC)c1.[Ni]. The van der Waals surface area contributed by atoms with Crippen LogP contribution in [0.1, 0.15) is 109 Å². The molecular weight excluding hydrogens is 459 g/mol. The van der Waals surface area contributed by atoms with Crippen LogP contribution in [0.2, 0.25) is 0 Å². The van der Waals surface area contributed by atoms with Crippen LogP contribution in [-0.2, 0) is 42.2 Å². The fraction of sp³-hybridized carbons (Fsp3) is 0.548. The fourth-order valence-corrected chi connectivity index (χ4v) is 4.16. The third kappa shape index (κ3) is 9.87. The van der Waals surface area contributed by atoms with Gasteiger partial charge in [-0.05, 0) is 97.9 Å². The van der Waals surface area contributed by atoms with Gasteiger partial charge in [0.25, 0.3) is 0 Å². The van der Waals surface area contributed by atoms with Gasteiger partial charge in [-0.3, -0.25) is 9.98 Å². The Hall–Kier alpha value is -1.73. The summed E-state index contributed by atoms with van der Waals surface area (Å²) in [4.78, 5) is 10.5. The summed E-state index contributed by atoms with van der Waals surface area (Å²) in [6, 6.07) is 13.7. The van der Waals surface area contributed by atoms with Crippen LogP contribution in [-0.4, -0.2) is 11.4 Å². The van der Waals surface area contributed by atoms with Gasteiger partial charge >= 0.3 is 0 Å². The molecule has 0 aliphatic rings. The van der Waals surface area contributed by atoms with E-state index in [1.807, 2.05) is 0 Å². The second kappa shape index (κ2) is 16.8. The van der Waals surface area contributed by atoms with Crippen molar-refractivity contribution in [2.75, 3.05) is 0 Å². The predicted molar refractivity (Wildman–Crippen MR) is 148 cm³/mol. The van der Waals surface area contributed by atoms with E-state index < -0.39 is 0 Å². The number of hydrogen-bond acceptors (Lipinski definition) is 2. The van der Waals surface area contributed by atoms with Crippen molar-refractivity contribution in [1.82, 2.24) is 0 Å². The molecule has 0 spiro atoms. The molecule has 2 rings (SSSR count). The molecule has 0 saturated heterocycles. The van der Waals surface area contributed by atoms with Gasteiger partial charge in [0.2, 0.25) is 0 Å². The molecule has 0 bridgehead atoms. The van der Waals surface area contributed by atoms with Crippen LogP contribution in [0.4, 0.5) is 11.4 Å². The molecule has 190 valence electrons. The number of aryl methyl sites for hydroxylation is 4. The number of hydrogen-bond donors (Lipinski definition) is 0. The summed E-state index contributed by atoms with van der Waals surface area (Å²) in [7, 11) is 0. The average Bonchev–Trinajstić information content (AvgIpc) is 2.85. The van der Waals surface area contributed by atoms with Crippen molar-refractivity contribution in [3.8, 4) is 0 Å². The minimum absolute atomic E-state index is 0. The van der Waals surface area contributed by atoms with Crippen molar-refractivity contribution in [2.24, 2.45) is 9.98 Å².